The maximum absolute atomic E-state index is 13.1. The molecular weight excluding hydrogens is 454 g/mol. The smallest absolute Gasteiger partial charge is 0.379 e. The van der Waals surface area contributed by atoms with Crippen LogP contribution in [0.5, 0.6) is 0 Å². The lowest BCUT2D eigenvalue weighted by Crippen LogP contribution is -2.60. The fourth-order valence-electron chi connectivity index (χ4n) is 2.63. The molecular formula is C22H37NO11. The number of rotatable bonds is 17. The number of nitrogens with zero attached hydrogens (tertiary/aromatic N) is 1. The zero-order valence-electron chi connectivity index (χ0n) is 21.4. The van der Waals surface area contributed by atoms with Gasteiger partial charge < -0.3 is 33.2 Å². The van der Waals surface area contributed by atoms with Crippen LogP contribution in [-0.2, 0) is 47.4 Å². The molecule has 196 valence electrons. The highest BCUT2D eigenvalue weighted by Crippen LogP contribution is 2.36. The highest BCUT2D eigenvalue weighted by molar-refractivity contribution is 5.87. The molecule has 0 saturated heterocycles. The SMILES string of the molecule is CCOC(C)(OC)OC(OC(=O)c1ccccn1)(OC(C)(OC)OCC)OC(C)(OC)OCC. The second-order valence-electron chi connectivity index (χ2n) is 6.91. The van der Waals surface area contributed by atoms with Gasteiger partial charge in [0.05, 0.1) is 0 Å². The van der Waals surface area contributed by atoms with Crippen LogP contribution in [0.4, 0.5) is 0 Å². The summed E-state index contributed by atoms with van der Waals surface area (Å²) in [5.74, 6) is -6.47. The Morgan fingerprint density at radius 1 is 0.765 bits per heavy atom. The van der Waals surface area contributed by atoms with E-state index in [9.17, 15) is 4.79 Å². The van der Waals surface area contributed by atoms with Crippen LogP contribution < -0.4 is 0 Å². The van der Waals surface area contributed by atoms with Crippen LogP contribution in [0.1, 0.15) is 52.0 Å². The van der Waals surface area contributed by atoms with E-state index in [1.807, 2.05) is 0 Å². The molecule has 1 aromatic rings. The zero-order valence-corrected chi connectivity index (χ0v) is 21.4. The molecule has 0 fully saturated rings. The Labute approximate surface area is 200 Å². The molecule has 0 saturated carbocycles. The lowest BCUT2D eigenvalue weighted by Gasteiger charge is -2.44. The van der Waals surface area contributed by atoms with E-state index in [2.05, 4.69) is 4.98 Å². The molecule has 3 unspecified atom stereocenters. The van der Waals surface area contributed by atoms with Crippen LogP contribution in [0, 0.1) is 0 Å². The number of methoxy groups -OCH3 is 3. The Morgan fingerprint density at radius 2 is 1.18 bits per heavy atom. The summed E-state index contributed by atoms with van der Waals surface area (Å²) in [4.78, 5) is 17.1. The number of carbonyl (C=O) groups is 1. The van der Waals surface area contributed by atoms with Crippen molar-refractivity contribution in [3.63, 3.8) is 0 Å². The quantitative estimate of drug-likeness (QED) is 0.235. The van der Waals surface area contributed by atoms with Crippen LogP contribution in [0.15, 0.2) is 24.4 Å². The molecule has 0 amide bonds. The summed E-state index contributed by atoms with van der Waals surface area (Å²) < 4.78 is 56.1. The van der Waals surface area contributed by atoms with Gasteiger partial charge in [-0.2, -0.15) is 0 Å². The Hall–Kier alpha value is -1.74. The minimum absolute atomic E-state index is 0.0655. The molecule has 0 bridgehead atoms. The summed E-state index contributed by atoms with van der Waals surface area (Å²) in [6.07, 6.45) is -1.34. The summed E-state index contributed by atoms with van der Waals surface area (Å²) in [6, 6.07) is 4.67. The first-order chi connectivity index (χ1) is 16.0. The van der Waals surface area contributed by atoms with Gasteiger partial charge in [0.2, 0.25) is 0 Å². The van der Waals surface area contributed by atoms with Gasteiger partial charge >= 0.3 is 12.1 Å². The van der Waals surface area contributed by atoms with Gasteiger partial charge in [0, 0.05) is 68.1 Å². The zero-order chi connectivity index (χ0) is 25.9. The molecule has 0 radical (unpaired) electrons. The standard InChI is InChI=1S/C22H37NO11/c1-10-28-19(4,25-7)32-22(33-20(5,26-8)29-11-2,34-21(6,27-9)30-12-3)31-18(24)17-15-13-14-16-23-17/h13-16H,10-12H2,1-9H3. The van der Waals surface area contributed by atoms with Crippen molar-refractivity contribution in [2.75, 3.05) is 41.2 Å². The van der Waals surface area contributed by atoms with Crippen LogP contribution in [-0.4, -0.2) is 76.2 Å². The average molecular weight is 492 g/mol. The van der Waals surface area contributed by atoms with E-state index < -0.39 is 30.0 Å². The Balaban J connectivity index is 3.65. The predicted molar refractivity (Wildman–Crippen MR) is 117 cm³/mol. The number of carbonyl (C=O) groups excluding carboxylic acids is 1. The maximum Gasteiger partial charge on any atom is 0.476 e. The Kier molecular flexibility index (Phi) is 11.9. The number of pyridine rings is 1. The first-order valence-corrected chi connectivity index (χ1v) is 10.8. The van der Waals surface area contributed by atoms with Crippen molar-refractivity contribution in [2.24, 2.45) is 0 Å². The summed E-state index contributed by atoms with van der Waals surface area (Å²) >= 11 is 0. The van der Waals surface area contributed by atoms with Crippen molar-refractivity contribution in [3.8, 4) is 0 Å². The summed E-state index contributed by atoms with van der Waals surface area (Å²) in [6.45, 7) is 9.87. The van der Waals surface area contributed by atoms with E-state index in [-0.39, 0.29) is 25.5 Å². The van der Waals surface area contributed by atoms with Gasteiger partial charge in [-0.3, -0.25) is 0 Å². The van der Waals surface area contributed by atoms with E-state index >= 15 is 0 Å². The summed E-state index contributed by atoms with van der Waals surface area (Å²) in [7, 11) is 3.95. The van der Waals surface area contributed by atoms with Gasteiger partial charge in [-0.15, -0.1) is 0 Å². The molecule has 12 heteroatoms. The van der Waals surface area contributed by atoms with Crippen molar-refractivity contribution in [2.45, 2.75) is 65.6 Å². The molecule has 1 heterocycles. The number of ether oxygens (including phenoxy) is 10. The number of hydrogen-bond acceptors (Lipinski definition) is 12. The molecule has 0 aliphatic carbocycles. The van der Waals surface area contributed by atoms with Crippen molar-refractivity contribution >= 4 is 5.97 Å². The minimum Gasteiger partial charge on any atom is -0.379 e. The number of aromatic nitrogens is 1. The third-order valence-corrected chi connectivity index (χ3v) is 4.35. The van der Waals surface area contributed by atoms with Crippen molar-refractivity contribution in [1.29, 1.82) is 0 Å². The minimum atomic E-state index is -2.76. The topological polar surface area (TPSA) is 122 Å². The van der Waals surface area contributed by atoms with Gasteiger partial charge in [-0.05, 0) is 32.9 Å². The molecule has 1 rings (SSSR count). The molecule has 0 aromatic carbocycles. The van der Waals surface area contributed by atoms with Gasteiger partial charge in [-0.1, -0.05) is 6.07 Å². The average Bonchev–Trinajstić information content (AvgIpc) is 2.79. The maximum atomic E-state index is 13.1. The molecule has 0 N–H and O–H groups in total. The van der Waals surface area contributed by atoms with E-state index in [1.54, 1.807) is 32.9 Å². The van der Waals surface area contributed by atoms with Crippen LogP contribution in [0.2, 0.25) is 0 Å². The van der Waals surface area contributed by atoms with E-state index in [0.717, 1.165) is 0 Å². The van der Waals surface area contributed by atoms with Crippen LogP contribution >= 0.6 is 0 Å². The molecule has 34 heavy (non-hydrogen) atoms. The summed E-state index contributed by atoms with van der Waals surface area (Å²) in [5, 5.41) is 0. The van der Waals surface area contributed by atoms with Gasteiger partial charge in [0.1, 0.15) is 5.69 Å². The van der Waals surface area contributed by atoms with Crippen molar-refractivity contribution < 1.29 is 52.2 Å². The first-order valence-electron chi connectivity index (χ1n) is 10.8. The largest absolute Gasteiger partial charge is 0.476 e. The fraction of sp³-hybridized carbons (Fsp3) is 0.727. The third-order valence-electron chi connectivity index (χ3n) is 4.35. The molecule has 1 aromatic heterocycles. The molecule has 0 aliphatic heterocycles. The van der Waals surface area contributed by atoms with E-state index in [0.29, 0.717) is 0 Å². The lowest BCUT2D eigenvalue weighted by atomic mass is 10.4. The van der Waals surface area contributed by atoms with Gasteiger partial charge in [-0.25, -0.2) is 24.0 Å². The fourth-order valence-corrected chi connectivity index (χ4v) is 2.63. The van der Waals surface area contributed by atoms with Crippen LogP contribution in [0.25, 0.3) is 0 Å². The molecule has 3 atom stereocenters. The Morgan fingerprint density at radius 3 is 1.47 bits per heavy atom. The van der Waals surface area contributed by atoms with Crippen LogP contribution in [0.3, 0.4) is 0 Å². The summed E-state index contributed by atoms with van der Waals surface area (Å²) in [5.41, 5.74) is -0.0655. The highest BCUT2D eigenvalue weighted by atomic mass is 17.1. The number of hydrogen-bond donors (Lipinski definition) is 0. The van der Waals surface area contributed by atoms with E-state index in [4.69, 9.17) is 47.4 Å². The second kappa shape index (κ2) is 13.4. The second-order valence-corrected chi connectivity index (χ2v) is 6.91. The van der Waals surface area contributed by atoms with Crippen molar-refractivity contribution in [3.05, 3.63) is 30.1 Å². The normalized spacial score (nSPS) is 18.9. The van der Waals surface area contributed by atoms with Gasteiger partial charge in [0.25, 0.3) is 17.9 Å². The molecule has 12 nitrogen and oxygen atoms in total. The van der Waals surface area contributed by atoms with Gasteiger partial charge in [0.15, 0.2) is 0 Å². The predicted octanol–water partition coefficient (Wildman–Crippen LogP) is 2.97. The first kappa shape index (κ1) is 30.3. The lowest BCUT2D eigenvalue weighted by molar-refractivity contribution is -0.634. The Bertz CT molecular complexity index is 682. The number of esters is 1. The molecule has 0 spiro atoms. The highest BCUT2D eigenvalue weighted by Gasteiger charge is 2.57. The third kappa shape index (κ3) is 8.80. The van der Waals surface area contributed by atoms with E-state index in [1.165, 1.54) is 54.4 Å². The van der Waals surface area contributed by atoms with Crippen molar-refractivity contribution in [1.82, 2.24) is 4.98 Å². The molecule has 0 aliphatic rings. The monoisotopic (exact) mass is 491 g/mol.